The number of rotatable bonds is 9. The Kier molecular flexibility index (Phi) is 7.21. The number of benzene rings is 2. The Bertz CT molecular complexity index is 855. The Balaban J connectivity index is 2.15. The molecule has 2 rings (SSSR count). The summed E-state index contributed by atoms with van der Waals surface area (Å²) in [5, 5.41) is 14.4. The first kappa shape index (κ1) is 20.6. The Morgan fingerprint density at radius 3 is 2.25 bits per heavy atom. The van der Waals surface area contributed by atoms with Crippen molar-refractivity contribution < 1.29 is 33.6 Å². The molecule has 2 aromatic carbocycles. The minimum atomic E-state index is -1.34. The van der Waals surface area contributed by atoms with Gasteiger partial charge in [0, 0.05) is 11.1 Å². The molecule has 0 aliphatic heterocycles. The Hall–Kier alpha value is -3.75. The van der Waals surface area contributed by atoms with Gasteiger partial charge >= 0.3 is 0 Å². The molecule has 2 aromatic rings. The van der Waals surface area contributed by atoms with Gasteiger partial charge in [0.1, 0.15) is 12.4 Å². The third-order valence-electron chi connectivity index (χ3n) is 3.56. The molecule has 1 amide bonds. The predicted molar refractivity (Wildman–Crippen MR) is 98.1 cm³/mol. The quantitative estimate of drug-likeness (QED) is 0.494. The van der Waals surface area contributed by atoms with E-state index in [0.29, 0.717) is 22.8 Å². The molecule has 0 atom stereocenters. The van der Waals surface area contributed by atoms with E-state index in [0.717, 1.165) is 0 Å². The highest BCUT2D eigenvalue weighted by Crippen LogP contribution is 2.38. The first-order chi connectivity index (χ1) is 13.5. The van der Waals surface area contributed by atoms with Crippen LogP contribution in [0.1, 0.15) is 15.9 Å². The van der Waals surface area contributed by atoms with Crippen molar-refractivity contribution >= 4 is 18.1 Å². The molecule has 0 bridgehead atoms. The number of methoxy groups -OCH3 is 3. The number of hydrogen-bond donors (Lipinski definition) is 1. The lowest BCUT2D eigenvalue weighted by molar-refractivity contribution is -0.307. The van der Waals surface area contributed by atoms with E-state index in [-0.39, 0.29) is 11.3 Å². The van der Waals surface area contributed by atoms with Crippen LogP contribution < -0.4 is 29.5 Å². The van der Waals surface area contributed by atoms with E-state index in [1.807, 2.05) is 0 Å². The second-order valence-electron chi connectivity index (χ2n) is 5.31. The van der Waals surface area contributed by atoms with Gasteiger partial charge in [-0.05, 0) is 24.3 Å². The summed E-state index contributed by atoms with van der Waals surface area (Å²) in [6, 6.07) is 9.60. The second-order valence-corrected chi connectivity index (χ2v) is 5.31. The van der Waals surface area contributed by atoms with Gasteiger partial charge in [0.25, 0.3) is 5.91 Å². The van der Waals surface area contributed by atoms with Crippen molar-refractivity contribution in [2.75, 3.05) is 27.9 Å². The number of carbonyl (C=O) groups excluding carboxylic acids is 2. The molecular weight excluding hydrogens is 368 g/mol. The minimum absolute atomic E-state index is 0.244. The Morgan fingerprint density at radius 2 is 1.68 bits per heavy atom. The summed E-state index contributed by atoms with van der Waals surface area (Å²) in [5.74, 6) is -0.540. The van der Waals surface area contributed by atoms with Crippen LogP contribution in [0.2, 0.25) is 0 Å². The summed E-state index contributed by atoms with van der Waals surface area (Å²) in [7, 11) is 4.35. The topological polar surface area (TPSA) is 119 Å². The molecule has 0 saturated carbocycles. The number of para-hydroxylation sites is 1. The van der Waals surface area contributed by atoms with Crippen molar-refractivity contribution in [3.05, 3.63) is 47.5 Å². The zero-order chi connectivity index (χ0) is 20.5. The lowest BCUT2D eigenvalue weighted by atomic mass is 10.1. The van der Waals surface area contributed by atoms with Crippen LogP contribution in [-0.4, -0.2) is 46.0 Å². The number of carboxylic acids is 1. The fourth-order valence-corrected chi connectivity index (χ4v) is 2.29. The zero-order valence-corrected chi connectivity index (χ0v) is 15.6. The number of hydrogen-bond acceptors (Lipinski definition) is 8. The number of carboxylic acid groups (broad SMARTS) is 1. The van der Waals surface area contributed by atoms with Gasteiger partial charge in [-0.15, -0.1) is 0 Å². The molecule has 0 fully saturated rings. The number of nitrogens with zero attached hydrogens (tertiary/aromatic N) is 1. The maximum absolute atomic E-state index is 12.4. The zero-order valence-electron chi connectivity index (χ0n) is 15.6. The Morgan fingerprint density at radius 1 is 1.04 bits per heavy atom. The van der Waals surface area contributed by atoms with E-state index < -0.39 is 18.5 Å². The summed E-state index contributed by atoms with van der Waals surface area (Å²) >= 11 is 0. The number of hydrazone groups is 1. The van der Waals surface area contributed by atoms with Crippen LogP contribution >= 0.6 is 0 Å². The smallest absolute Gasteiger partial charge is 0.271 e. The Labute approximate surface area is 161 Å². The molecular formula is C19H19N2O7-. The average Bonchev–Trinajstić information content (AvgIpc) is 2.71. The van der Waals surface area contributed by atoms with Gasteiger partial charge in [0.15, 0.2) is 11.5 Å². The molecule has 0 heterocycles. The molecule has 0 aliphatic rings. The number of carbonyl (C=O) groups is 2. The normalized spacial score (nSPS) is 10.4. The first-order valence-corrected chi connectivity index (χ1v) is 8.05. The molecule has 9 nitrogen and oxygen atoms in total. The summed E-state index contributed by atoms with van der Waals surface area (Å²) in [6.07, 6.45) is 1.33. The molecule has 0 saturated heterocycles. The monoisotopic (exact) mass is 387 g/mol. The predicted octanol–water partition coefficient (Wildman–Crippen LogP) is 0.605. The number of ether oxygens (including phenoxy) is 4. The minimum Gasteiger partial charge on any atom is -0.546 e. The maximum atomic E-state index is 12.4. The van der Waals surface area contributed by atoms with Gasteiger partial charge < -0.3 is 28.8 Å². The SMILES string of the molecule is COc1cc(C(=O)N/N=C\c2ccccc2OCC(=O)[O-])cc(OC)c1OC. The third-order valence-corrected chi connectivity index (χ3v) is 3.56. The average molecular weight is 387 g/mol. The van der Waals surface area contributed by atoms with Crippen molar-refractivity contribution in [3.63, 3.8) is 0 Å². The van der Waals surface area contributed by atoms with Crippen LogP contribution in [0.25, 0.3) is 0 Å². The molecule has 0 spiro atoms. The molecule has 28 heavy (non-hydrogen) atoms. The number of aliphatic carboxylic acids is 1. The largest absolute Gasteiger partial charge is 0.546 e. The van der Waals surface area contributed by atoms with Gasteiger partial charge in [0.05, 0.1) is 33.5 Å². The van der Waals surface area contributed by atoms with Crippen molar-refractivity contribution in [2.24, 2.45) is 5.10 Å². The molecule has 0 radical (unpaired) electrons. The summed E-state index contributed by atoms with van der Waals surface area (Å²) in [4.78, 5) is 22.9. The molecule has 9 heteroatoms. The van der Waals surface area contributed by atoms with Crippen LogP contribution in [-0.2, 0) is 4.79 Å². The van der Waals surface area contributed by atoms with Crippen molar-refractivity contribution in [1.29, 1.82) is 0 Å². The van der Waals surface area contributed by atoms with E-state index in [2.05, 4.69) is 10.5 Å². The van der Waals surface area contributed by atoms with E-state index >= 15 is 0 Å². The van der Waals surface area contributed by atoms with Crippen LogP contribution in [0.4, 0.5) is 0 Å². The van der Waals surface area contributed by atoms with E-state index in [4.69, 9.17) is 18.9 Å². The van der Waals surface area contributed by atoms with Crippen LogP contribution in [0, 0.1) is 0 Å². The molecule has 0 aliphatic carbocycles. The lowest BCUT2D eigenvalue weighted by Gasteiger charge is -2.13. The van der Waals surface area contributed by atoms with Crippen LogP contribution in [0.5, 0.6) is 23.0 Å². The highest BCUT2D eigenvalue weighted by atomic mass is 16.5. The molecule has 148 valence electrons. The third kappa shape index (κ3) is 5.13. The maximum Gasteiger partial charge on any atom is 0.271 e. The standard InChI is InChI=1S/C19H20N2O7/c1-25-15-8-13(9-16(26-2)18(15)27-3)19(24)21-20-10-12-6-4-5-7-14(12)28-11-17(22)23/h4-10H,11H2,1-3H3,(H,21,24)(H,22,23)/p-1/b20-10-. The van der Waals surface area contributed by atoms with Gasteiger partial charge in [-0.3, -0.25) is 4.79 Å². The van der Waals surface area contributed by atoms with E-state index in [1.54, 1.807) is 24.3 Å². The lowest BCUT2D eigenvalue weighted by Crippen LogP contribution is -2.29. The van der Waals surface area contributed by atoms with Crippen molar-refractivity contribution in [3.8, 4) is 23.0 Å². The first-order valence-electron chi connectivity index (χ1n) is 8.05. The number of amides is 1. The fourth-order valence-electron chi connectivity index (χ4n) is 2.29. The summed E-state index contributed by atoms with van der Waals surface area (Å²) in [6.45, 7) is -0.595. The highest BCUT2D eigenvalue weighted by Gasteiger charge is 2.16. The fraction of sp³-hybridized carbons (Fsp3) is 0.211. The van der Waals surface area contributed by atoms with Crippen LogP contribution in [0.15, 0.2) is 41.5 Å². The van der Waals surface area contributed by atoms with Crippen molar-refractivity contribution in [1.82, 2.24) is 5.43 Å². The van der Waals surface area contributed by atoms with Gasteiger partial charge in [0.2, 0.25) is 5.75 Å². The van der Waals surface area contributed by atoms with Gasteiger partial charge in [-0.2, -0.15) is 5.10 Å². The summed E-state index contributed by atoms with van der Waals surface area (Å²) < 4.78 is 20.8. The molecule has 0 aromatic heterocycles. The molecule has 0 unspecified atom stereocenters. The van der Waals surface area contributed by atoms with E-state index in [1.165, 1.54) is 39.7 Å². The van der Waals surface area contributed by atoms with Gasteiger partial charge in [-0.1, -0.05) is 12.1 Å². The number of nitrogens with one attached hydrogen (secondary N) is 1. The van der Waals surface area contributed by atoms with E-state index in [9.17, 15) is 14.7 Å². The highest BCUT2D eigenvalue weighted by molar-refractivity contribution is 5.96. The van der Waals surface area contributed by atoms with Gasteiger partial charge in [-0.25, -0.2) is 5.43 Å². The summed E-state index contributed by atoms with van der Waals surface area (Å²) in [5.41, 5.74) is 3.10. The van der Waals surface area contributed by atoms with Crippen LogP contribution in [0.3, 0.4) is 0 Å². The van der Waals surface area contributed by atoms with Crippen molar-refractivity contribution in [2.45, 2.75) is 0 Å². The second kappa shape index (κ2) is 9.81. The molecule has 1 N–H and O–H groups in total.